The molecule has 1 fully saturated rings. The van der Waals surface area contributed by atoms with Crippen LogP contribution < -0.4 is 10.6 Å². The molecule has 4 atom stereocenters. The Morgan fingerprint density at radius 2 is 1.86 bits per heavy atom. The van der Waals surface area contributed by atoms with Gasteiger partial charge in [0.25, 0.3) is 0 Å². The zero-order chi connectivity index (χ0) is 22.0. The number of hydrogen-bond donors (Lipinski definition) is 2. The SMILES string of the molecule is C/C=C(/CN/C(=C/C)N1C[C@]1(CC(C)C)C(Cl)CCC)NCCC(C)[C@@H](C)C#N. The van der Waals surface area contributed by atoms with Gasteiger partial charge in [-0.3, -0.25) is 0 Å². The van der Waals surface area contributed by atoms with Gasteiger partial charge in [0.15, 0.2) is 0 Å². The van der Waals surface area contributed by atoms with E-state index in [1.165, 1.54) is 11.5 Å². The number of halogens is 1. The number of hydrogen-bond acceptors (Lipinski definition) is 4. The second-order valence-electron chi connectivity index (χ2n) is 9.00. The Balaban J connectivity index is 2.61. The van der Waals surface area contributed by atoms with Crippen LogP contribution in [-0.2, 0) is 0 Å². The van der Waals surface area contributed by atoms with Crippen molar-refractivity contribution in [3.63, 3.8) is 0 Å². The number of nitriles is 1. The third kappa shape index (κ3) is 7.45. The average molecular weight is 423 g/mol. The molecule has 0 aromatic carbocycles. The normalized spacial score (nSPS) is 22.8. The van der Waals surface area contributed by atoms with Crippen LogP contribution in [-0.4, -0.2) is 35.5 Å². The van der Waals surface area contributed by atoms with E-state index in [0.717, 1.165) is 45.3 Å². The van der Waals surface area contributed by atoms with Crippen LogP contribution in [0.3, 0.4) is 0 Å². The summed E-state index contributed by atoms with van der Waals surface area (Å²) in [7, 11) is 0. The first-order valence-electron chi connectivity index (χ1n) is 11.4. The Kier molecular flexibility index (Phi) is 11.0. The minimum Gasteiger partial charge on any atom is -0.387 e. The molecule has 1 heterocycles. The second kappa shape index (κ2) is 12.4. The zero-order valence-corrected chi connectivity index (χ0v) is 20.4. The largest absolute Gasteiger partial charge is 0.387 e. The summed E-state index contributed by atoms with van der Waals surface area (Å²) < 4.78 is 0. The molecule has 0 saturated carbocycles. The van der Waals surface area contributed by atoms with Gasteiger partial charge >= 0.3 is 0 Å². The fraction of sp³-hybridized carbons (Fsp3) is 0.792. The van der Waals surface area contributed by atoms with E-state index in [0.29, 0.717) is 11.8 Å². The smallest absolute Gasteiger partial charge is 0.0978 e. The third-order valence-electron chi connectivity index (χ3n) is 6.13. The van der Waals surface area contributed by atoms with Crippen molar-refractivity contribution in [2.24, 2.45) is 17.8 Å². The summed E-state index contributed by atoms with van der Waals surface area (Å²) in [6, 6.07) is 2.34. The van der Waals surface area contributed by atoms with E-state index in [2.05, 4.69) is 75.3 Å². The topological polar surface area (TPSA) is 50.9 Å². The van der Waals surface area contributed by atoms with Gasteiger partial charge in [-0.25, -0.2) is 0 Å². The number of nitrogens with zero attached hydrogens (tertiary/aromatic N) is 2. The molecule has 1 saturated heterocycles. The molecule has 1 aliphatic rings. The monoisotopic (exact) mass is 422 g/mol. The molecule has 2 N–H and O–H groups in total. The van der Waals surface area contributed by atoms with Crippen molar-refractivity contribution in [1.82, 2.24) is 15.5 Å². The van der Waals surface area contributed by atoms with E-state index in [1.807, 2.05) is 6.92 Å². The molecule has 29 heavy (non-hydrogen) atoms. The second-order valence-corrected chi connectivity index (χ2v) is 9.52. The number of alkyl halides is 1. The highest BCUT2D eigenvalue weighted by molar-refractivity contribution is 6.21. The Morgan fingerprint density at radius 1 is 1.17 bits per heavy atom. The summed E-state index contributed by atoms with van der Waals surface area (Å²) in [5.74, 6) is 2.31. The van der Waals surface area contributed by atoms with Crippen LogP contribution >= 0.6 is 11.6 Å². The maximum atomic E-state index is 9.05. The van der Waals surface area contributed by atoms with Gasteiger partial charge in [0.2, 0.25) is 0 Å². The number of rotatable bonds is 14. The molecule has 5 heteroatoms. The molecule has 4 nitrogen and oxygen atoms in total. The van der Waals surface area contributed by atoms with Gasteiger partial charge in [0.05, 0.1) is 29.4 Å². The van der Waals surface area contributed by atoms with Crippen LogP contribution in [0.1, 0.15) is 74.1 Å². The Labute approximate surface area is 184 Å². The van der Waals surface area contributed by atoms with Gasteiger partial charge in [-0.15, -0.1) is 11.6 Å². The summed E-state index contributed by atoms with van der Waals surface area (Å²) in [6.07, 6.45) is 8.60. The lowest BCUT2D eigenvalue weighted by Gasteiger charge is -2.27. The average Bonchev–Trinajstić information content (AvgIpc) is 3.40. The first-order valence-corrected chi connectivity index (χ1v) is 11.8. The molecule has 1 aliphatic heterocycles. The molecule has 166 valence electrons. The van der Waals surface area contributed by atoms with Crippen molar-refractivity contribution in [1.29, 1.82) is 5.26 Å². The summed E-state index contributed by atoms with van der Waals surface area (Å²) in [5.41, 5.74) is 1.28. The highest BCUT2D eigenvalue weighted by Crippen LogP contribution is 2.47. The van der Waals surface area contributed by atoms with Crippen LogP contribution in [0, 0.1) is 29.1 Å². The summed E-state index contributed by atoms with van der Waals surface area (Å²) in [5, 5.41) is 16.4. The lowest BCUT2D eigenvalue weighted by atomic mass is 9.91. The molecular weight excluding hydrogens is 380 g/mol. The van der Waals surface area contributed by atoms with Crippen molar-refractivity contribution in [3.05, 3.63) is 23.7 Å². The van der Waals surface area contributed by atoms with E-state index in [1.54, 1.807) is 0 Å². The van der Waals surface area contributed by atoms with E-state index in [9.17, 15) is 0 Å². The summed E-state index contributed by atoms with van der Waals surface area (Å²) in [6.45, 7) is 17.8. The summed E-state index contributed by atoms with van der Waals surface area (Å²) >= 11 is 6.86. The van der Waals surface area contributed by atoms with Crippen molar-refractivity contribution in [2.45, 2.75) is 85.1 Å². The Hall–Kier alpha value is -1.34. The van der Waals surface area contributed by atoms with Crippen LogP contribution in [0.2, 0.25) is 0 Å². The van der Waals surface area contributed by atoms with Gasteiger partial charge in [0.1, 0.15) is 0 Å². The van der Waals surface area contributed by atoms with Crippen molar-refractivity contribution >= 4 is 11.6 Å². The molecular formula is C24H43ClN4. The Bertz CT molecular complexity index is 592. The molecule has 2 unspecified atom stereocenters. The van der Waals surface area contributed by atoms with Crippen LogP contribution in [0.25, 0.3) is 0 Å². The van der Waals surface area contributed by atoms with E-state index in [-0.39, 0.29) is 16.8 Å². The van der Waals surface area contributed by atoms with Crippen LogP contribution in [0.5, 0.6) is 0 Å². The van der Waals surface area contributed by atoms with E-state index in [4.69, 9.17) is 16.9 Å². The number of nitrogens with one attached hydrogen (secondary N) is 2. The van der Waals surface area contributed by atoms with Gasteiger partial charge < -0.3 is 15.5 Å². The molecule has 0 aromatic heterocycles. The van der Waals surface area contributed by atoms with Gasteiger partial charge in [-0.2, -0.15) is 5.26 Å². The fourth-order valence-electron chi connectivity index (χ4n) is 4.01. The van der Waals surface area contributed by atoms with Gasteiger partial charge in [-0.05, 0) is 57.9 Å². The predicted molar refractivity (Wildman–Crippen MR) is 126 cm³/mol. The first-order chi connectivity index (χ1) is 13.7. The van der Waals surface area contributed by atoms with Gasteiger partial charge in [0, 0.05) is 24.7 Å². The standard InChI is InChI=1S/C24H43ClN4/c1-8-11-22(25)24(14-18(4)5)17-29(24)23(10-3)28-16-21(9-2)27-13-12-19(6)20(7)15-26/h9-10,18-20,22,27-28H,8,11-14,16-17H2,1-7H3/b21-9-,23-10-/t19?,20-,22?,24+,29?/m0/s1. The predicted octanol–water partition coefficient (Wildman–Crippen LogP) is 5.62. The molecule has 1 rings (SSSR count). The first kappa shape index (κ1) is 25.7. The maximum Gasteiger partial charge on any atom is 0.0978 e. The van der Waals surface area contributed by atoms with Crippen molar-refractivity contribution in [3.8, 4) is 6.07 Å². The lowest BCUT2D eigenvalue weighted by Crippen LogP contribution is -2.35. The maximum absolute atomic E-state index is 9.05. The minimum absolute atomic E-state index is 0.0902. The Morgan fingerprint density at radius 3 is 2.38 bits per heavy atom. The van der Waals surface area contributed by atoms with Crippen LogP contribution in [0.4, 0.5) is 0 Å². The molecule has 0 aromatic rings. The molecule has 0 bridgehead atoms. The molecule has 0 amide bonds. The quantitative estimate of drug-likeness (QED) is 0.281. The van der Waals surface area contributed by atoms with Crippen LogP contribution in [0.15, 0.2) is 23.7 Å². The summed E-state index contributed by atoms with van der Waals surface area (Å²) in [4.78, 5) is 2.46. The number of allylic oxidation sites excluding steroid dienone is 2. The third-order valence-corrected chi connectivity index (χ3v) is 6.76. The highest BCUT2D eigenvalue weighted by Gasteiger charge is 2.57. The lowest BCUT2D eigenvalue weighted by molar-refractivity contribution is 0.350. The van der Waals surface area contributed by atoms with Crippen molar-refractivity contribution < 1.29 is 0 Å². The molecule has 0 aliphatic carbocycles. The van der Waals surface area contributed by atoms with Gasteiger partial charge in [-0.1, -0.05) is 40.2 Å². The van der Waals surface area contributed by atoms with E-state index < -0.39 is 0 Å². The van der Waals surface area contributed by atoms with E-state index >= 15 is 0 Å². The minimum atomic E-state index is 0.0902. The highest BCUT2D eigenvalue weighted by atomic mass is 35.5. The zero-order valence-electron chi connectivity index (χ0n) is 19.7. The fourth-order valence-corrected chi connectivity index (χ4v) is 4.50. The van der Waals surface area contributed by atoms with Crippen molar-refractivity contribution in [2.75, 3.05) is 19.6 Å². The molecule has 0 spiro atoms. The molecule has 0 radical (unpaired) electrons.